The van der Waals surface area contributed by atoms with E-state index in [0.717, 1.165) is 41.6 Å². The van der Waals surface area contributed by atoms with Crippen molar-refractivity contribution in [2.24, 2.45) is 4.99 Å². The van der Waals surface area contributed by atoms with Gasteiger partial charge in [-0.25, -0.2) is 14.5 Å². The molecule has 3 aromatic carbocycles. The van der Waals surface area contributed by atoms with Gasteiger partial charge < -0.3 is 10.1 Å². The number of thioether (sulfide) groups is 1. The monoisotopic (exact) mass is 636 g/mol. The van der Waals surface area contributed by atoms with Crippen molar-refractivity contribution in [2.75, 3.05) is 17.2 Å². The Balaban J connectivity index is 1.19. The molecule has 0 spiro atoms. The van der Waals surface area contributed by atoms with Crippen LogP contribution in [-0.4, -0.2) is 50.5 Å². The van der Waals surface area contributed by atoms with Crippen LogP contribution in [-0.2, 0) is 11.2 Å². The predicted molar refractivity (Wildman–Crippen MR) is 168 cm³/mol. The standard InChI is InChI=1S/C32H31F3N6O3S/c1-3-4-7-23-8-5-6-9-27(23)41-28(42)19-45-31(41)38-30(43)36-18-21(2)22-10-12-24(13-11-22)29-37-20-40(39-29)25-14-16-26(17-15-25)44-32(33,34)35/h5-6,8-17,20-21H,3-4,7,18-19H2,1-2H3,(H,36,43). The zero-order valence-electron chi connectivity index (χ0n) is 24.6. The second-order valence-electron chi connectivity index (χ2n) is 10.4. The minimum atomic E-state index is -4.76. The summed E-state index contributed by atoms with van der Waals surface area (Å²) in [5, 5.41) is 7.65. The molecule has 1 aliphatic heterocycles. The molecular weight excluding hydrogens is 605 g/mol. The summed E-state index contributed by atoms with van der Waals surface area (Å²) in [4.78, 5) is 35.6. The third-order valence-electron chi connectivity index (χ3n) is 7.12. The molecule has 1 N–H and O–H groups in total. The van der Waals surface area contributed by atoms with E-state index in [1.807, 2.05) is 55.5 Å². The van der Waals surface area contributed by atoms with Crippen LogP contribution in [0.4, 0.5) is 23.7 Å². The Bertz CT molecular complexity index is 1670. The van der Waals surface area contributed by atoms with Crippen molar-refractivity contribution in [3.63, 3.8) is 0 Å². The van der Waals surface area contributed by atoms with E-state index in [2.05, 4.69) is 32.1 Å². The van der Waals surface area contributed by atoms with E-state index in [1.54, 1.807) is 4.90 Å². The Kier molecular flexibility index (Phi) is 9.87. The van der Waals surface area contributed by atoms with Crippen LogP contribution in [0.2, 0.25) is 0 Å². The number of amidine groups is 1. The minimum Gasteiger partial charge on any atom is -0.406 e. The lowest BCUT2D eigenvalue weighted by Gasteiger charge is -2.20. The van der Waals surface area contributed by atoms with Gasteiger partial charge in [0.15, 0.2) is 11.0 Å². The maximum atomic E-state index is 12.8. The van der Waals surface area contributed by atoms with E-state index in [9.17, 15) is 22.8 Å². The molecule has 0 aliphatic carbocycles. The molecule has 13 heteroatoms. The summed E-state index contributed by atoms with van der Waals surface area (Å²) in [6.07, 6.45) is -0.409. The second-order valence-corrected chi connectivity index (χ2v) is 11.4. The number of urea groups is 1. The number of aromatic nitrogens is 3. The Labute approximate surface area is 262 Å². The largest absolute Gasteiger partial charge is 0.573 e. The van der Waals surface area contributed by atoms with Crippen molar-refractivity contribution >= 4 is 34.6 Å². The van der Waals surface area contributed by atoms with Crippen molar-refractivity contribution < 1.29 is 27.5 Å². The quantitative estimate of drug-likeness (QED) is 0.199. The van der Waals surface area contributed by atoms with Crippen LogP contribution in [0.1, 0.15) is 43.7 Å². The Morgan fingerprint density at radius 3 is 2.53 bits per heavy atom. The molecule has 9 nitrogen and oxygen atoms in total. The minimum absolute atomic E-state index is 0.0325. The van der Waals surface area contributed by atoms with Crippen LogP contribution >= 0.6 is 11.8 Å². The zero-order valence-corrected chi connectivity index (χ0v) is 25.4. The van der Waals surface area contributed by atoms with Gasteiger partial charge in [0.1, 0.15) is 12.1 Å². The van der Waals surface area contributed by atoms with E-state index in [1.165, 1.54) is 47.0 Å². The number of ether oxygens (including phenoxy) is 1. The highest BCUT2D eigenvalue weighted by Crippen LogP contribution is 2.31. The Morgan fingerprint density at radius 2 is 1.82 bits per heavy atom. The Hall–Kier alpha value is -4.65. The number of amides is 3. The predicted octanol–water partition coefficient (Wildman–Crippen LogP) is 7.12. The van der Waals surface area contributed by atoms with Crippen molar-refractivity contribution in [1.29, 1.82) is 0 Å². The number of nitrogens with one attached hydrogen (secondary N) is 1. The van der Waals surface area contributed by atoms with Crippen molar-refractivity contribution in [1.82, 2.24) is 20.1 Å². The number of halogens is 3. The summed E-state index contributed by atoms with van der Waals surface area (Å²) in [5.74, 6) is 0.218. The van der Waals surface area contributed by atoms with E-state index in [0.29, 0.717) is 23.2 Å². The molecule has 5 rings (SSSR count). The zero-order chi connectivity index (χ0) is 32.0. The van der Waals surface area contributed by atoms with Crippen molar-refractivity contribution in [3.05, 3.63) is 90.3 Å². The fourth-order valence-corrected chi connectivity index (χ4v) is 5.61. The lowest BCUT2D eigenvalue weighted by molar-refractivity contribution is -0.274. The first-order chi connectivity index (χ1) is 21.6. The highest BCUT2D eigenvalue weighted by Gasteiger charge is 2.32. The van der Waals surface area contributed by atoms with Gasteiger partial charge >= 0.3 is 12.4 Å². The first-order valence-electron chi connectivity index (χ1n) is 14.4. The number of nitrogens with zero attached hydrogens (tertiary/aromatic N) is 5. The molecule has 1 aliphatic rings. The van der Waals surface area contributed by atoms with E-state index in [4.69, 9.17) is 0 Å². The van der Waals surface area contributed by atoms with Crippen LogP contribution in [0.15, 0.2) is 84.1 Å². The van der Waals surface area contributed by atoms with Gasteiger partial charge in [0.25, 0.3) is 0 Å². The number of aryl methyl sites for hydroxylation is 1. The smallest absolute Gasteiger partial charge is 0.406 e. The van der Waals surface area contributed by atoms with Crippen molar-refractivity contribution in [3.8, 4) is 22.8 Å². The van der Waals surface area contributed by atoms with Crippen LogP contribution in [0, 0.1) is 0 Å². The van der Waals surface area contributed by atoms with Gasteiger partial charge in [-0.1, -0.05) is 74.5 Å². The average molecular weight is 637 g/mol. The number of alkyl halides is 3. The molecule has 0 radical (unpaired) electrons. The number of rotatable bonds is 10. The number of hydrogen-bond acceptors (Lipinski definition) is 6. The molecule has 234 valence electrons. The number of aliphatic imine (C=N–C) groups is 1. The van der Waals surface area contributed by atoms with E-state index < -0.39 is 12.4 Å². The fraction of sp³-hybridized carbons (Fsp3) is 0.281. The van der Waals surface area contributed by atoms with Gasteiger partial charge in [-0.15, -0.1) is 18.3 Å². The molecule has 1 aromatic heterocycles. The SMILES string of the molecule is CCCCc1ccccc1N1C(=O)CSC1=NC(=O)NCC(C)c1ccc(-c2ncn(-c3ccc(OC(F)(F)F)cc3)n2)cc1. The molecule has 45 heavy (non-hydrogen) atoms. The van der Waals surface area contributed by atoms with Crippen LogP contribution in [0.3, 0.4) is 0 Å². The van der Waals surface area contributed by atoms with Gasteiger partial charge in [-0.2, -0.15) is 4.99 Å². The molecule has 0 bridgehead atoms. The van der Waals surface area contributed by atoms with Gasteiger partial charge in [-0.05, 0) is 60.2 Å². The molecule has 1 unspecified atom stereocenters. The molecule has 1 fully saturated rings. The van der Waals surface area contributed by atoms with Crippen LogP contribution in [0.5, 0.6) is 5.75 Å². The number of carbonyl (C=O) groups excluding carboxylic acids is 2. The maximum Gasteiger partial charge on any atom is 0.573 e. The number of anilines is 1. The maximum absolute atomic E-state index is 12.8. The fourth-order valence-electron chi connectivity index (χ4n) is 4.75. The summed E-state index contributed by atoms with van der Waals surface area (Å²) in [5.41, 5.74) is 4.07. The highest BCUT2D eigenvalue weighted by molar-refractivity contribution is 8.15. The molecule has 0 saturated carbocycles. The average Bonchev–Trinajstić information content (AvgIpc) is 3.66. The van der Waals surface area contributed by atoms with Crippen LogP contribution in [0.25, 0.3) is 17.1 Å². The number of benzene rings is 3. The number of unbranched alkanes of at least 4 members (excludes halogenated alkanes) is 1. The van der Waals surface area contributed by atoms with Crippen LogP contribution < -0.4 is 15.0 Å². The van der Waals surface area contributed by atoms with Crippen molar-refractivity contribution in [2.45, 2.75) is 45.4 Å². The van der Waals surface area contributed by atoms with Gasteiger partial charge in [-0.3, -0.25) is 9.69 Å². The van der Waals surface area contributed by atoms with E-state index >= 15 is 0 Å². The summed E-state index contributed by atoms with van der Waals surface area (Å²) in [6.45, 7) is 4.43. The molecule has 2 heterocycles. The first kappa shape index (κ1) is 31.8. The summed E-state index contributed by atoms with van der Waals surface area (Å²) in [7, 11) is 0. The topological polar surface area (TPSA) is 102 Å². The van der Waals surface area contributed by atoms with Gasteiger partial charge in [0.2, 0.25) is 5.91 Å². The molecule has 1 atom stereocenters. The highest BCUT2D eigenvalue weighted by atomic mass is 32.2. The summed E-state index contributed by atoms with van der Waals surface area (Å²) in [6, 6.07) is 20.1. The summed E-state index contributed by atoms with van der Waals surface area (Å²) >= 11 is 1.25. The number of hydrogen-bond donors (Lipinski definition) is 1. The number of carbonyl (C=O) groups is 2. The third-order valence-corrected chi connectivity index (χ3v) is 8.04. The number of para-hydroxylation sites is 1. The van der Waals surface area contributed by atoms with E-state index in [-0.39, 0.29) is 23.3 Å². The van der Waals surface area contributed by atoms with Gasteiger partial charge in [0.05, 0.1) is 17.1 Å². The molecule has 1 saturated heterocycles. The molecule has 4 aromatic rings. The summed E-state index contributed by atoms with van der Waals surface area (Å²) < 4.78 is 42.6. The first-order valence-corrected chi connectivity index (χ1v) is 15.4. The second kappa shape index (κ2) is 14.0. The molecule has 3 amide bonds. The normalized spacial score (nSPS) is 15.0. The Morgan fingerprint density at radius 1 is 1.09 bits per heavy atom. The third kappa shape index (κ3) is 8.09. The lowest BCUT2D eigenvalue weighted by Crippen LogP contribution is -2.32. The molecular formula is C32H31F3N6O3S. The van der Waals surface area contributed by atoms with Gasteiger partial charge in [0, 0.05) is 12.1 Å². The lowest BCUT2D eigenvalue weighted by atomic mass is 10.00.